The second-order valence-electron chi connectivity index (χ2n) is 4.15. The number of aromatic hydroxyl groups is 1. The number of primary amides is 1. The number of nitrogens with zero attached hydrogens (tertiary/aromatic N) is 1. The number of amides is 3. The van der Waals surface area contributed by atoms with Crippen molar-refractivity contribution in [1.29, 1.82) is 0 Å². The zero-order valence-electron chi connectivity index (χ0n) is 10.6. The van der Waals surface area contributed by atoms with Gasteiger partial charge in [0.25, 0.3) is 11.1 Å². The van der Waals surface area contributed by atoms with Gasteiger partial charge >= 0.3 is 0 Å². The van der Waals surface area contributed by atoms with Crippen LogP contribution in [0.25, 0.3) is 6.08 Å². The molecule has 1 aliphatic rings. The molecule has 1 fully saturated rings. The SMILES string of the molecule is NC(=O)CN1C(=O)S/C(=C\c2c(Cl)cc(Cl)c(O)c2Cl)C1=O. The molecule has 3 amide bonds. The molecule has 0 spiro atoms. The summed E-state index contributed by atoms with van der Waals surface area (Å²) in [5.41, 5.74) is 5.11. The molecule has 1 aromatic rings. The minimum absolute atomic E-state index is 0.00299. The second-order valence-corrected chi connectivity index (χ2v) is 6.34. The summed E-state index contributed by atoms with van der Waals surface area (Å²) in [6.07, 6.45) is 1.24. The second kappa shape index (κ2) is 6.37. The predicted octanol–water partition coefficient (Wildman–Crippen LogP) is 2.87. The Morgan fingerprint density at radius 1 is 1.32 bits per heavy atom. The van der Waals surface area contributed by atoms with Crippen molar-refractivity contribution in [3.63, 3.8) is 0 Å². The van der Waals surface area contributed by atoms with Crippen LogP contribution in [-0.4, -0.2) is 33.6 Å². The average Bonchev–Trinajstić information content (AvgIpc) is 2.68. The Labute approximate surface area is 143 Å². The first-order valence-electron chi connectivity index (χ1n) is 5.62. The van der Waals surface area contributed by atoms with Gasteiger partial charge in [0.05, 0.1) is 20.0 Å². The van der Waals surface area contributed by atoms with Crippen LogP contribution >= 0.6 is 46.6 Å². The maximum absolute atomic E-state index is 12.1. The summed E-state index contributed by atoms with van der Waals surface area (Å²) in [4.78, 5) is 35.3. The maximum Gasteiger partial charge on any atom is 0.294 e. The normalized spacial score (nSPS) is 16.7. The third kappa shape index (κ3) is 3.17. The minimum Gasteiger partial charge on any atom is -0.505 e. The number of thioether (sulfide) groups is 1. The van der Waals surface area contributed by atoms with E-state index in [0.717, 1.165) is 0 Å². The molecule has 22 heavy (non-hydrogen) atoms. The lowest BCUT2D eigenvalue weighted by atomic mass is 10.2. The summed E-state index contributed by atoms with van der Waals surface area (Å²) in [5.74, 6) is -1.91. The number of carbonyl (C=O) groups is 3. The molecule has 0 atom stereocenters. The summed E-state index contributed by atoms with van der Waals surface area (Å²) in [5, 5.41) is 8.95. The van der Waals surface area contributed by atoms with E-state index in [1.54, 1.807) is 0 Å². The molecule has 0 saturated carbocycles. The number of imide groups is 1. The lowest BCUT2D eigenvalue weighted by Gasteiger charge is -2.09. The standard InChI is InChI=1S/C12H7Cl3N2O4S/c13-5-2-6(14)10(19)9(15)4(5)1-7-11(20)17(3-8(16)18)12(21)22-7/h1-2,19H,3H2,(H2,16,18)/b7-1-. The smallest absolute Gasteiger partial charge is 0.294 e. The van der Waals surface area contributed by atoms with E-state index in [4.69, 9.17) is 40.5 Å². The van der Waals surface area contributed by atoms with Crippen molar-refractivity contribution in [2.24, 2.45) is 5.73 Å². The highest BCUT2D eigenvalue weighted by atomic mass is 35.5. The van der Waals surface area contributed by atoms with Crippen LogP contribution in [0.5, 0.6) is 5.75 Å². The monoisotopic (exact) mass is 380 g/mol. The summed E-state index contributed by atoms with van der Waals surface area (Å²) in [7, 11) is 0. The third-order valence-electron chi connectivity index (χ3n) is 2.64. The van der Waals surface area contributed by atoms with Gasteiger partial charge < -0.3 is 10.8 Å². The zero-order valence-corrected chi connectivity index (χ0v) is 13.7. The summed E-state index contributed by atoms with van der Waals surface area (Å²) < 4.78 is 0. The molecule has 3 N–H and O–H groups in total. The molecule has 0 bridgehead atoms. The van der Waals surface area contributed by atoms with Gasteiger partial charge in [-0.3, -0.25) is 19.3 Å². The molecule has 10 heteroatoms. The Kier molecular flexibility index (Phi) is 4.91. The molecule has 2 rings (SSSR count). The lowest BCUT2D eigenvalue weighted by molar-refractivity contribution is -0.127. The minimum atomic E-state index is -0.816. The van der Waals surface area contributed by atoms with Gasteiger partial charge in [0.2, 0.25) is 5.91 Å². The molecule has 1 saturated heterocycles. The third-order valence-corrected chi connectivity index (χ3v) is 4.54. The number of phenols is 1. The van der Waals surface area contributed by atoms with Crippen molar-refractivity contribution in [2.75, 3.05) is 6.54 Å². The predicted molar refractivity (Wildman–Crippen MR) is 85.0 cm³/mol. The lowest BCUT2D eigenvalue weighted by Crippen LogP contribution is -2.36. The molecule has 1 aromatic carbocycles. The van der Waals surface area contributed by atoms with E-state index < -0.39 is 29.3 Å². The van der Waals surface area contributed by atoms with E-state index in [-0.39, 0.29) is 25.5 Å². The molecule has 6 nitrogen and oxygen atoms in total. The number of nitrogens with two attached hydrogens (primary N) is 1. The molecule has 0 unspecified atom stereocenters. The molecular formula is C12H7Cl3N2O4S. The van der Waals surface area contributed by atoms with Crippen LogP contribution in [-0.2, 0) is 9.59 Å². The molecule has 116 valence electrons. The van der Waals surface area contributed by atoms with Crippen molar-refractivity contribution >= 4 is 69.7 Å². The first kappa shape index (κ1) is 17.0. The Morgan fingerprint density at radius 2 is 1.95 bits per heavy atom. The number of benzene rings is 1. The van der Waals surface area contributed by atoms with Gasteiger partial charge in [-0.2, -0.15) is 0 Å². The van der Waals surface area contributed by atoms with E-state index in [9.17, 15) is 19.5 Å². The van der Waals surface area contributed by atoms with Crippen molar-refractivity contribution in [3.8, 4) is 5.75 Å². The Bertz CT molecular complexity index is 736. The van der Waals surface area contributed by atoms with Crippen LogP contribution in [0.4, 0.5) is 4.79 Å². The summed E-state index contributed by atoms with van der Waals surface area (Å²) in [6.45, 7) is -0.519. The number of rotatable bonds is 3. The van der Waals surface area contributed by atoms with Gasteiger partial charge in [0.1, 0.15) is 6.54 Å². The molecule has 0 aliphatic carbocycles. The number of halogens is 3. The van der Waals surface area contributed by atoms with E-state index in [1.807, 2.05) is 0 Å². The first-order chi connectivity index (χ1) is 10.2. The fraction of sp³-hybridized carbons (Fsp3) is 0.0833. The molecule has 0 aromatic heterocycles. The molecule has 1 aliphatic heterocycles. The van der Waals surface area contributed by atoms with Crippen LogP contribution < -0.4 is 5.73 Å². The molecular weight excluding hydrogens is 375 g/mol. The topological polar surface area (TPSA) is 101 Å². The van der Waals surface area contributed by atoms with E-state index >= 15 is 0 Å². The van der Waals surface area contributed by atoms with Crippen LogP contribution in [0.3, 0.4) is 0 Å². The van der Waals surface area contributed by atoms with E-state index in [0.29, 0.717) is 16.7 Å². The van der Waals surface area contributed by atoms with Gasteiger partial charge in [0, 0.05) is 5.56 Å². The van der Waals surface area contributed by atoms with Gasteiger partial charge in [0.15, 0.2) is 5.75 Å². The Hall–Kier alpha value is -1.41. The largest absolute Gasteiger partial charge is 0.505 e. The van der Waals surface area contributed by atoms with Crippen molar-refractivity contribution < 1.29 is 19.5 Å². The van der Waals surface area contributed by atoms with Crippen LogP contribution in [0.1, 0.15) is 5.56 Å². The first-order valence-corrected chi connectivity index (χ1v) is 7.57. The van der Waals surface area contributed by atoms with Crippen LogP contribution in [0, 0.1) is 0 Å². The van der Waals surface area contributed by atoms with Crippen molar-refractivity contribution in [1.82, 2.24) is 4.90 Å². The zero-order chi connectivity index (χ0) is 16.6. The van der Waals surface area contributed by atoms with Gasteiger partial charge in [-0.15, -0.1) is 0 Å². The Morgan fingerprint density at radius 3 is 2.55 bits per heavy atom. The summed E-state index contributed by atoms with van der Waals surface area (Å²) >= 11 is 18.2. The van der Waals surface area contributed by atoms with Gasteiger partial charge in [-0.25, -0.2) is 0 Å². The quantitative estimate of drug-likeness (QED) is 0.784. The van der Waals surface area contributed by atoms with Crippen molar-refractivity contribution in [2.45, 2.75) is 0 Å². The van der Waals surface area contributed by atoms with Crippen molar-refractivity contribution in [3.05, 3.63) is 31.6 Å². The fourth-order valence-electron chi connectivity index (χ4n) is 1.65. The fourth-order valence-corrected chi connectivity index (χ4v) is 3.34. The highest BCUT2D eigenvalue weighted by Gasteiger charge is 2.36. The van der Waals surface area contributed by atoms with Gasteiger partial charge in [-0.05, 0) is 23.9 Å². The van der Waals surface area contributed by atoms with Crippen LogP contribution in [0.2, 0.25) is 15.1 Å². The maximum atomic E-state index is 12.1. The van der Waals surface area contributed by atoms with Crippen LogP contribution in [0.15, 0.2) is 11.0 Å². The number of carbonyl (C=O) groups excluding carboxylic acids is 3. The molecule has 0 radical (unpaired) electrons. The highest BCUT2D eigenvalue weighted by Crippen LogP contribution is 2.41. The number of hydrogen-bond acceptors (Lipinski definition) is 5. The summed E-state index contributed by atoms with van der Waals surface area (Å²) in [6, 6.07) is 1.25. The molecule has 1 heterocycles. The van der Waals surface area contributed by atoms with Gasteiger partial charge in [-0.1, -0.05) is 34.8 Å². The highest BCUT2D eigenvalue weighted by molar-refractivity contribution is 8.18. The van der Waals surface area contributed by atoms with E-state index in [1.165, 1.54) is 12.1 Å². The Balaban J connectivity index is 2.44. The number of hydrogen-bond donors (Lipinski definition) is 2. The van der Waals surface area contributed by atoms with E-state index in [2.05, 4.69) is 0 Å². The number of phenolic OH excluding ortho intramolecular Hbond substituents is 1. The average molecular weight is 382 g/mol.